The average molecular weight is 202 g/mol. The van der Waals surface area contributed by atoms with Crippen molar-refractivity contribution < 1.29 is 9.84 Å². The predicted octanol–water partition coefficient (Wildman–Crippen LogP) is 2.99. The molecule has 0 aliphatic carbocycles. The molecule has 0 aliphatic rings. The Morgan fingerprint density at radius 1 is 1.29 bits per heavy atom. The first-order valence-corrected chi connectivity index (χ1v) is 5.71. The van der Waals surface area contributed by atoms with Crippen LogP contribution in [0.3, 0.4) is 0 Å². The van der Waals surface area contributed by atoms with Gasteiger partial charge < -0.3 is 9.84 Å². The summed E-state index contributed by atoms with van der Waals surface area (Å²) in [6.45, 7) is 11.0. The van der Waals surface area contributed by atoms with Crippen LogP contribution < -0.4 is 0 Å². The number of aliphatic hydroxyl groups is 1. The normalized spacial score (nSPS) is 18.2. The van der Waals surface area contributed by atoms with Gasteiger partial charge in [-0.2, -0.15) is 0 Å². The summed E-state index contributed by atoms with van der Waals surface area (Å²) in [4.78, 5) is 0. The number of hydrogen-bond donors (Lipinski definition) is 1. The maximum Gasteiger partial charge on any atom is 0.0745 e. The minimum atomic E-state index is -0.363. The molecule has 0 radical (unpaired) electrons. The molecule has 0 saturated carbocycles. The van der Waals surface area contributed by atoms with Gasteiger partial charge in [-0.15, -0.1) is 0 Å². The highest BCUT2D eigenvalue weighted by atomic mass is 16.5. The molecule has 0 heterocycles. The van der Waals surface area contributed by atoms with E-state index >= 15 is 0 Å². The summed E-state index contributed by atoms with van der Waals surface area (Å²) in [7, 11) is 0. The lowest BCUT2D eigenvalue weighted by atomic mass is 9.90. The average Bonchev–Trinajstić information content (AvgIpc) is 2.00. The Morgan fingerprint density at radius 2 is 1.86 bits per heavy atom. The summed E-state index contributed by atoms with van der Waals surface area (Å²) in [6, 6.07) is 0. The van der Waals surface area contributed by atoms with E-state index in [4.69, 9.17) is 4.74 Å². The molecule has 0 aromatic carbocycles. The second kappa shape index (κ2) is 6.41. The van der Waals surface area contributed by atoms with E-state index in [2.05, 4.69) is 27.7 Å². The number of aliphatic hydroxyl groups excluding tert-OH is 1. The third kappa shape index (κ3) is 6.39. The van der Waals surface area contributed by atoms with E-state index in [0.717, 1.165) is 19.3 Å². The van der Waals surface area contributed by atoms with Gasteiger partial charge in [0.2, 0.25) is 0 Å². The molecule has 2 atom stereocenters. The maximum absolute atomic E-state index is 9.19. The molecule has 0 aromatic heterocycles. The summed E-state index contributed by atoms with van der Waals surface area (Å²) in [5.41, 5.74) is -0.0556. The van der Waals surface area contributed by atoms with Gasteiger partial charge in [-0.3, -0.25) is 0 Å². The molecule has 0 rings (SSSR count). The van der Waals surface area contributed by atoms with E-state index < -0.39 is 0 Å². The first-order chi connectivity index (χ1) is 6.39. The van der Waals surface area contributed by atoms with Crippen molar-refractivity contribution in [1.29, 1.82) is 0 Å². The zero-order valence-electron chi connectivity index (χ0n) is 10.3. The van der Waals surface area contributed by atoms with Gasteiger partial charge in [0.05, 0.1) is 18.3 Å². The van der Waals surface area contributed by atoms with Crippen molar-refractivity contribution in [2.24, 2.45) is 5.92 Å². The first kappa shape index (κ1) is 13.9. The quantitative estimate of drug-likeness (QED) is 0.687. The molecule has 2 nitrogen and oxygen atoms in total. The van der Waals surface area contributed by atoms with Crippen molar-refractivity contribution in [2.75, 3.05) is 6.61 Å². The van der Waals surface area contributed by atoms with E-state index in [1.165, 1.54) is 0 Å². The van der Waals surface area contributed by atoms with Crippen LogP contribution >= 0.6 is 0 Å². The van der Waals surface area contributed by atoms with Gasteiger partial charge in [0.15, 0.2) is 0 Å². The monoisotopic (exact) mass is 202 g/mol. The largest absolute Gasteiger partial charge is 0.391 e. The smallest absolute Gasteiger partial charge is 0.0745 e. The third-order valence-electron chi connectivity index (χ3n) is 2.29. The van der Waals surface area contributed by atoms with Gasteiger partial charge in [-0.25, -0.2) is 0 Å². The highest BCUT2D eigenvalue weighted by Crippen LogP contribution is 2.26. The van der Waals surface area contributed by atoms with Crippen molar-refractivity contribution in [2.45, 2.75) is 65.6 Å². The summed E-state index contributed by atoms with van der Waals surface area (Å²) < 4.78 is 5.79. The van der Waals surface area contributed by atoms with E-state index in [1.54, 1.807) is 6.92 Å². The van der Waals surface area contributed by atoms with Crippen LogP contribution in [0.1, 0.15) is 53.9 Å². The van der Waals surface area contributed by atoms with Gasteiger partial charge in [-0.05, 0) is 32.6 Å². The Kier molecular flexibility index (Phi) is 6.38. The summed E-state index contributed by atoms with van der Waals surface area (Å²) in [5, 5.41) is 9.19. The topological polar surface area (TPSA) is 29.5 Å². The molecule has 0 amide bonds. The molecule has 0 bridgehead atoms. The van der Waals surface area contributed by atoms with Crippen LogP contribution in [0.2, 0.25) is 0 Å². The molecule has 86 valence electrons. The van der Waals surface area contributed by atoms with E-state index in [9.17, 15) is 5.11 Å². The van der Waals surface area contributed by atoms with Gasteiger partial charge in [0.1, 0.15) is 0 Å². The Morgan fingerprint density at radius 3 is 2.21 bits per heavy atom. The van der Waals surface area contributed by atoms with Gasteiger partial charge >= 0.3 is 0 Å². The zero-order valence-corrected chi connectivity index (χ0v) is 10.3. The van der Waals surface area contributed by atoms with Gasteiger partial charge in [0.25, 0.3) is 0 Å². The second-order valence-corrected chi connectivity index (χ2v) is 4.96. The fraction of sp³-hybridized carbons (Fsp3) is 1.00. The van der Waals surface area contributed by atoms with E-state index in [0.29, 0.717) is 12.5 Å². The summed E-state index contributed by atoms with van der Waals surface area (Å²) in [5.74, 6) is 0.639. The van der Waals surface area contributed by atoms with Crippen molar-refractivity contribution in [3.8, 4) is 0 Å². The van der Waals surface area contributed by atoms with Crippen LogP contribution in [0, 0.1) is 5.92 Å². The second-order valence-electron chi connectivity index (χ2n) is 4.96. The molecule has 0 aliphatic heterocycles. The zero-order chi connectivity index (χ0) is 11.2. The Hall–Kier alpha value is -0.0800. The summed E-state index contributed by atoms with van der Waals surface area (Å²) >= 11 is 0. The summed E-state index contributed by atoms with van der Waals surface area (Å²) in [6.07, 6.45) is 2.90. The van der Waals surface area contributed by atoms with Crippen LogP contribution in [-0.4, -0.2) is 23.4 Å². The Balaban J connectivity index is 4.08. The molecule has 14 heavy (non-hydrogen) atoms. The lowest BCUT2D eigenvalue weighted by Gasteiger charge is -2.32. The van der Waals surface area contributed by atoms with E-state index in [1.807, 2.05) is 0 Å². The van der Waals surface area contributed by atoms with Crippen molar-refractivity contribution >= 4 is 0 Å². The van der Waals surface area contributed by atoms with Crippen LogP contribution in [-0.2, 0) is 4.74 Å². The fourth-order valence-electron chi connectivity index (χ4n) is 1.95. The molecule has 1 N–H and O–H groups in total. The van der Waals surface area contributed by atoms with Crippen LogP contribution in [0.15, 0.2) is 0 Å². The van der Waals surface area contributed by atoms with E-state index in [-0.39, 0.29) is 11.7 Å². The van der Waals surface area contributed by atoms with Crippen LogP contribution in [0.5, 0.6) is 0 Å². The van der Waals surface area contributed by atoms with Crippen molar-refractivity contribution in [3.05, 3.63) is 0 Å². The molecule has 2 heteroatoms. The fourth-order valence-corrected chi connectivity index (χ4v) is 1.95. The number of hydrogen-bond acceptors (Lipinski definition) is 2. The standard InChI is InChI=1S/C12H26O2/c1-6-7-12(5,8-10(2)3)14-9-11(4)13/h10-11,13H,6-9H2,1-5H3. The van der Waals surface area contributed by atoms with Crippen LogP contribution in [0.25, 0.3) is 0 Å². The van der Waals surface area contributed by atoms with Crippen molar-refractivity contribution in [3.63, 3.8) is 0 Å². The Labute approximate surface area is 88.7 Å². The van der Waals surface area contributed by atoms with Crippen molar-refractivity contribution in [1.82, 2.24) is 0 Å². The molecular formula is C12H26O2. The number of ether oxygens (including phenoxy) is 1. The van der Waals surface area contributed by atoms with Gasteiger partial charge in [0, 0.05) is 0 Å². The molecule has 0 saturated heterocycles. The molecule has 0 fully saturated rings. The Bertz CT molecular complexity index is 143. The van der Waals surface area contributed by atoms with Gasteiger partial charge in [-0.1, -0.05) is 27.2 Å². The predicted molar refractivity (Wildman–Crippen MR) is 60.4 cm³/mol. The molecular weight excluding hydrogens is 176 g/mol. The molecule has 0 spiro atoms. The highest BCUT2D eigenvalue weighted by Gasteiger charge is 2.25. The van der Waals surface area contributed by atoms with Crippen LogP contribution in [0.4, 0.5) is 0 Å². The highest BCUT2D eigenvalue weighted by molar-refractivity contribution is 4.76. The minimum Gasteiger partial charge on any atom is -0.391 e. The number of rotatable bonds is 7. The first-order valence-electron chi connectivity index (χ1n) is 5.71. The lowest BCUT2D eigenvalue weighted by Crippen LogP contribution is -2.33. The maximum atomic E-state index is 9.19. The molecule has 0 aromatic rings. The SMILES string of the molecule is CCCC(C)(CC(C)C)OCC(C)O. The lowest BCUT2D eigenvalue weighted by molar-refractivity contribution is -0.0807. The molecule has 2 unspecified atom stereocenters. The minimum absolute atomic E-state index is 0.0556. The third-order valence-corrected chi connectivity index (χ3v) is 2.29.